The third kappa shape index (κ3) is 3.33. The Morgan fingerprint density at radius 3 is 2.50 bits per heavy atom. The Hall–Kier alpha value is -1.35. The maximum Gasteiger partial charge on any atom is 0.183 e. The summed E-state index contributed by atoms with van der Waals surface area (Å²) in [7, 11) is 1.60. The lowest BCUT2D eigenvalue weighted by atomic mass is 9.96. The van der Waals surface area contributed by atoms with Crippen molar-refractivity contribution >= 4 is 5.78 Å². The minimum absolute atomic E-state index is 0.0798. The minimum atomic E-state index is -0.189. The highest BCUT2D eigenvalue weighted by Crippen LogP contribution is 2.25. The average Bonchev–Trinajstić information content (AvgIpc) is 2.37. The molecule has 0 aliphatic heterocycles. The standard InChI is InChI=1S/C15H23NO2/c1-6-16-11(4)15(17)13-9-12(10(2)3)7-8-14(13)18-5/h7-11,16H,6H2,1-5H3. The molecule has 3 heteroatoms. The van der Waals surface area contributed by atoms with Gasteiger partial charge in [0.05, 0.1) is 18.7 Å². The second-order valence-corrected chi connectivity index (χ2v) is 4.76. The molecule has 0 aliphatic carbocycles. The van der Waals surface area contributed by atoms with Gasteiger partial charge in [0.2, 0.25) is 0 Å². The van der Waals surface area contributed by atoms with Crippen molar-refractivity contribution in [3.63, 3.8) is 0 Å². The molecule has 0 spiro atoms. The van der Waals surface area contributed by atoms with Gasteiger partial charge in [-0.25, -0.2) is 0 Å². The molecular weight excluding hydrogens is 226 g/mol. The molecule has 0 bridgehead atoms. The van der Waals surface area contributed by atoms with E-state index in [-0.39, 0.29) is 11.8 Å². The number of likely N-dealkylation sites (N-methyl/N-ethyl adjacent to an activating group) is 1. The summed E-state index contributed by atoms with van der Waals surface area (Å²) in [6.07, 6.45) is 0. The van der Waals surface area contributed by atoms with Gasteiger partial charge in [-0.3, -0.25) is 4.79 Å². The Balaban J connectivity index is 3.11. The van der Waals surface area contributed by atoms with Gasteiger partial charge in [-0.15, -0.1) is 0 Å². The number of hydrogen-bond donors (Lipinski definition) is 1. The van der Waals surface area contributed by atoms with Crippen LogP contribution in [0.5, 0.6) is 5.75 Å². The summed E-state index contributed by atoms with van der Waals surface area (Å²) < 4.78 is 5.28. The minimum Gasteiger partial charge on any atom is -0.496 e. The second-order valence-electron chi connectivity index (χ2n) is 4.76. The van der Waals surface area contributed by atoms with Gasteiger partial charge < -0.3 is 10.1 Å². The third-order valence-electron chi connectivity index (χ3n) is 3.06. The highest BCUT2D eigenvalue weighted by atomic mass is 16.5. The van der Waals surface area contributed by atoms with Crippen molar-refractivity contribution in [1.29, 1.82) is 0 Å². The predicted molar refractivity (Wildman–Crippen MR) is 74.6 cm³/mol. The van der Waals surface area contributed by atoms with E-state index in [2.05, 4.69) is 19.2 Å². The number of carbonyl (C=O) groups excluding carboxylic acids is 1. The molecule has 0 heterocycles. The molecule has 0 fully saturated rings. The fraction of sp³-hybridized carbons (Fsp3) is 0.533. The van der Waals surface area contributed by atoms with E-state index in [0.717, 1.165) is 12.1 Å². The number of ether oxygens (including phenoxy) is 1. The third-order valence-corrected chi connectivity index (χ3v) is 3.06. The number of ketones is 1. The fourth-order valence-electron chi connectivity index (χ4n) is 1.91. The van der Waals surface area contributed by atoms with Crippen molar-refractivity contribution < 1.29 is 9.53 Å². The van der Waals surface area contributed by atoms with Crippen LogP contribution in [0.2, 0.25) is 0 Å². The molecule has 3 nitrogen and oxygen atoms in total. The topological polar surface area (TPSA) is 38.3 Å². The van der Waals surface area contributed by atoms with Crippen LogP contribution in [0.15, 0.2) is 18.2 Å². The lowest BCUT2D eigenvalue weighted by Gasteiger charge is -2.16. The van der Waals surface area contributed by atoms with Crippen molar-refractivity contribution in [2.45, 2.75) is 39.7 Å². The van der Waals surface area contributed by atoms with E-state index < -0.39 is 0 Å². The molecule has 1 atom stereocenters. The summed E-state index contributed by atoms with van der Waals surface area (Å²) in [5.74, 6) is 1.13. The van der Waals surface area contributed by atoms with Crippen LogP contribution < -0.4 is 10.1 Å². The number of Topliss-reactive ketones (excluding diaryl/α,β-unsaturated/α-hetero) is 1. The van der Waals surface area contributed by atoms with Gasteiger partial charge in [-0.05, 0) is 37.1 Å². The van der Waals surface area contributed by atoms with Gasteiger partial charge in [-0.2, -0.15) is 0 Å². The van der Waals surface area contributed by atoms with E-state index in [9.17, 15) is 4.79 Å². The maximum atomic E-state index is 12.3. The Labute approximate surface area is 110 Å². The smallest absolute Gasteiger partial charge is 0.183 e. The Morgan fingerprint density at radius 1 is 1.33 bits per heavy atom. The molecule has 0 saturated carbocycles. The van der Waals surface area contributed by atoms with E-state index >= 15 is 0 Å². The van der Waals surface area contributed by atoms with Crippen LogP contribution in [0.4, 0.5) is 0 Å². The van der Waals surface area contributed by atoms with Crippen LogP contribution in [0.3, 0.4) is 0 Å². The van der Waals surface area contributed by atoms with E-state index in [4.69, 9.17) is 4.74 Å². The van der Waals surface area contributed by atoms with Crippen molar-refractivity contribution in [3.8, 4) is 5.75 Å². The molecule has 0 saturated heterocycles. The van der Waals surface area contributed by atoms with Crippen LogP contribution in [0.25, 0.3) is 0 Å². The molecule has 1 N–H and O–H groups in total. The first-order valence-corrected chi connectivity index (χ1v) is 6.46. The Bertz CT molecular complexity index is 413. The molecule has 100 valence electrons. The largest absolute Gasteiger partial charge is 0.496 e. The molecule has 0 aromatic heterocycles. The summed E-state index contributed by atoms with van der Waals surface area (Å²) in [4.78, 5) is 12.3. The van der Waals surface area contributed by atoms with Crippen molar-refractivity contribution in [2.24, 2.45) is 0 Å². The normalized spacial score (nSPS) is 12.6. The number of methoxy groups -OCH3 is 1. The highest BCUT2D eigenvalue weighted by Gasteiger charge is 2.19. The van der Waals surface area contributed by atoms with Crippen LogP contribution in [0.1, 0.15) is 49.5 Å². The van der Waals surface area contributed by atoms with Crippen molar-refractivity contribution in [3.05, 3.63) is 29.3 Å². The van der Waals surface area contributed by atoms with Gasteiger partial charge in [0.1, 0.15) is 5.75 Å². The number of carbonyl (C=O) groups is 1. The molecule has 18 heavy (non-hydrogen) atoms. The summed E-state index contributed by atoms with van der Waals surface area (Å²) >= 11 is 0. The summed E-state index contributed by atoms with van der Waals surface area (Å²) in [5.41, 5.74) is 1.82. The van der Waals surface area contributed by atoms with Gasteiger partial charge in [0, 0.05) is 0 Å². The monoisotopic (exact) mass is 249 g/mol. The first-order chi connectivity index (χ1) is 8.51. The maximum absolute atomic E-state index is 12.3. The lowest BCUT2D eigenvalue weighted by molar-refractivity contribution is 0.0949. The van der Waals surface area contributed by atoms with Crippen LogP contribution in [0, 0.1) is 0 Å². The predicted octanol–water partition coefficient (Wildman–Crippen LogP) is 3.00. The number of nitrogens with one attached hydrogen (secondary N) is 1. The highest BCUT2D eigenvalue weighted by molar-refractivity contribution is 6.02. The van der Waals surface area contributed by atoms with E-state index in [1.807, 2.05) is 32.0 Å². The van der Waals surface area contributed by atoms with Crippen molar-refractivity contribution in [1.82, 2.24) is 5.32 Å². The molecule has 0 aliphatic rings. The molecule has 1 rings (SSSR count). The number of hydrogen-bond acceptors (Lipinski definition) is 3. The Morgan fingerprint density at radius 2 is 2.00 bits per heavy atom. The molecule has 0 radical (unpaired) electrons. The lowest BCUT2D eigenvalue weighted by Crippen LogP contribution is -2.34. The number of benzene rings is 1. The summed E-state index contributed by atoms with van der Waals surface area (Å²) in [5, 5.41) is 3.14. The van der Waals surface area contributed by atoms with Gasteiger partial charge in [0.15, 0.2) is 5.78 Å². The molecule has 0 amide bonds. The average molecular weight is 249 g/mol. The van der Waals surface area contributed by atoms with E-state index in [0.29, 0.717) is 17.2 Å². The van der Waals surface area contributed by atoms with Crippen LogP contribution in [-0.4, -0.2) is 25.5 Å². The zero-order valence-electron chi connectivity index (χ0n) is 11.9. The van der Waals surface area contributed by atoms with Crippen molar-refractivity contribution in [2.75, 3.05) is 13.7 Å². The molecule has 1 aromatic rings. The van der Waals surface area contributed by atoms with Crippen LogP contribution >= 0.6 is 0 Å². The summed E-state index contributed by atoms with van der Waals surface area (Å²) in [6, 6.07) is 5.64. The molecule has 1 unspecified atom stereocenters. The first kappa shape index (κ1) is 14.7. The first-order valence-electron chi connectivity index (χ1n) is 6.46. The SMILES string of the molecule is CCNC(C)C(=O)c1cc(C(C)C)ccc1OC. The molecule has 1 aromatic carbocycles. The van der Waals surface area contributed by atoms with Gasteiger partial charge in [0.25, 0.3) is 0 Å². The quantitative estimate of drug-likeness (QED) is 0.788. The van der Waals surface area contributed by atoms with E-state index in [1.165, 1.54) is 0 Å². The van der Waals surface area contributed by atoms with E-state index in [1.54, 1.807) is 7.11 Å². The zero-order valence-corrected chi connectivity index (χ0v) is 11.9. The molecular formula is C15H23NO2. The summed E-state index contributed by atoms with van der Waals surface area (Å²) in [6.45, 7) is 8.88. The Kier molecular flexibility index (Phi) is 5.35. The van der Waals surface area contributed by atoms with Gasteiger partial charge in [-0.1, -0.05) is 26.8 Å². The fourth-order valence-corrected chi connectivity index (χ4v) is 1.91. The zero-order chi connectivity index (χ0) is 13.7. The van der Waals surface area contributed by atoms with Crippen LogP contribution in [-0.2, 0) is 0 Å². The number of rotatable bonds is 6. The van der Waals surface area contributed by atoms with Gasteiger partial charge >= 0.3 is 0 Å². The second kappa shape index (κ2) is 6.55.